The van der Waals surface area contributed by atoms with Crippen LogP contribution in [0.15, 0.2) is 54.6 Å². The molecule has 0 bridgehead atoms. The maximum atomic E-state index is 12.9. The van der Waals surface area contributed by atoms with Gasteiger partial charge in [0.2, 0.25) is 5.91 Å². The molecule has 0 aliphatic carbocycles. The van der Waals surface area contributed by atoms with Crippen LogP contribution in [0.1, 0.15) is 17.2 Å². The van der Waals surface area contributed by atoms with Crippen LogP contribution in [-0.2, 0) is 4.79 Å². The molecule has 2 aromatic rings. The highest BCUT2D eigenvalue weighted by atomic mass is 16.5. The normalized spacial score (nSPS) is 17.9. The lowest BCUT2D eigenvalue weighted by atomic mass is 10.0. The first-order chi connectivity index (χ1) is 13.1. The summed E-state index contributed by atoms with van der Waals surface area (Å²) in [5.74, 6) is 1.41. The van der Waals surface area contributed by atoms with Gasteiger partial charge in [-0.15, -0.1) is 0 Å². The second kappa shape index (κ2) is 8.73. The highest BCUT2D eigenvalue weighted by Crippen LogP contribution is 2.26. The molecule has 0 aromatic heterocycles. The minimum atomic E-state index is 0.0127. The highest BCUT2D eigenvalue weighted by Gasteiger charge is 2.28. The van der Waals surface area contributed by atoms with Gasteiger partial charge >= 0.3 is 0 Å². The van der Waals surface area contributed by atoms with E-state index in [9.17, 15) is 4.79 Å². The van der Waals surface area contributed by atoms with E-state index in [-0.39, 0.29) is 11.9 Å². The minimum Gasteiger partial charge on any atom is -0.497 e. The summed E-state index contributed by atoms with van der Waals surface area (Å²) in [6.45, 7) is 2.41. The lowest BCUT2D eigenvalue weighted by Gasteiger charge is -2.40. The zero-order valence-corrected chi connectivity index (χ0v) is 16.1. The van der Waals surface area contributed by atoms with Crippen LogP contribution in [0.4, 0.5) is 0 Å². The van der Waals surface area contributed by atoms with Crippen LogP contribution < -0.4 is 9.47 Å². The molecule has 142 valence electrons. The third-order valence-corrected chi connectivity index (χ3v) is 4.84. The summed E-state index contributed by atoms with van der Waals surface area (Å²) in [6.07, 6.45) is 3.45. The van der Waals surface area contributed by atoms with Crippen molar-refractivity contribution >= 4 is 12.0 Å². The van der Waals surface area contributed by atoms with Gasteiger partial charge in [0.1, 0.15) is 11.5 Å². The highest BCUT2D eigenvalue weighted by molar-refractivity contribution is 5.92. The molecule has 0 spiro atoms. The number of hydrogen-bond donors (Lipinski definition) is 0. The van der Waals surface area contributed by atoms with E-state index in [1.165, 1.54) is 0 Å². The maximum absolute atomic E-state index is 12.9. The number of carbonyl (C=O) groups is 1. The molecule has 1 aliphatic heterocycles. The molecule has 2 aromatic carbocycles. The zero-order valence-electron chi connectivity index (χ0n) is 16.1. The first-order valence-corrected chi connectivity index (χ1v) is 9.06. The summed E-state index contributed by atoms with van der Waals surface area (Å²) < 4.78 is 10.6. The number of amides is 1. The van der Waals surface area contributed by atoms with Crippen molar-refractivity contribution in [3.05, 3.63) is 65.7 Å². The van der Waals surface area contributed by atoms with Crippen LogP contribution in [0.5, 0.6) is 11.5 Å². The molecule has 27 heavy (non-hydrogen) atoms. The predicted octanol–water partition coefficient (Wildman–Crippen LogP) is 3.23. The Morgan fingerprint density at radius 1 is 1.04 bits per heavy atom. The molecule has 5 heteroatoms. The summed E-state index contributed by atoms with van der Waals surface area (Å²) in [6, 6.07) is 15.8. The Balaban J connectivity index is 1.80. The molecule has 1 fully saturated rings. The molecule has 1 heterocycles. The summed E-state index contributed by atoms with van der Waals surface area (Å²) in [5, 5.41) is 0. The fourth-order valence-electron chi connectivity index (χ4n) is 3.33. The van der Waals surface area contributed by atoms with E-state index in [4.69, 9.17) is 9.47 Å². The molecule has 1 atom stereocenters. The monoisotopic (exact) mass is 366 g/mol. The van der Waals surface area contributed by atoms with Gasteiger partial charge in [-0.2, -0.15) is 0 Å². The van der Waals surface area contributed by atoms with Gasteiger partial charge in [-0.3, -0.25) is 4.79 Å². The number of carbonyl (C=O) groups excluding carboxylic acids is 1. The summed E-state index contributed by atoms with van der Waals surface area (Å²) in [5.41, 5.74) is 2.03. The molecule has 0 saturated carbocycles. The van der Waals surface area contributed by atoms with Crippen LogP contribution in [0.25, 0.3) is 6.08 Å². The number of nitrogens with zero attached hydrogens (tertiary/aromatic N) is 2. The van der Waals surface area contributed by atoms with E-state index >= 15 is 0 Å². The fourth-order valence-corrected chi connectivity index (χ4v) is 3.33. The Bertz CT molecular complexity index is 782. The lowest BCUT2D eigenvalue weighted by Crippen LogP contribution is -2.48. The van der Waals surface area contributed by atoms with E-state index in [1.807, 2.05) is 47.4 Å². The van der Waals surface area contributed by atoms with Crippen LogP contribution in [0.2, 0.25) is 0 Å². The Morgan fingerprint density at radius 3 is 2.33 bits per heavy atom. The quantitative estimate of drug-likeness (QED) is 0.762. The van der Waals surface area contributed by atoms with E-state index in [0.717, 1.165) is 24.2 Å². The van der Waals surface area contributed by atoms with Gasteiger partial charge in [-0.1, -0.05) is 30.3 Å². The number of methoxy groups -OCH3 is 2. The van der Waals surface area contributed by atoms with Crippen molar-refractivity contribution in [1.82, 2.24) is 9.80 Å². The first kappa shape index (κ1) is 19.0. The van der Waals surface area contributed by atoms with Crippen molar-refractivity contribution < 1.29 is 14.3 Å². The Hall–Kier alpha value is -2.79. The van der Waals surface area contributed by atoms with Crippen LogP contribution in [-0.4, -0.2) is 56.6 Å². The van der Waals surface area contributed by atoms with Gasteiger partial charge < -0.3 is 19.3 Å². The number of likely N-dealkylation sites (N-methyl/N-ethyl adjacent to an activating group) is 1. The van der Waals surface area contributed by atoms with Crippen molar-refractivity contribution in [1.29, 1.82) is 0 Å². The minimum absolute atomic E-state index is 0.0127. The first-order valence-electron chi connectivity index (χ1n) is 9.06. The molecule has 1 unspecified atom stereocenters. The lowest BCUT2D eigenvalue weighted by molar-refractivity contribution is -0.130. The average Bonchev–Trinajstić information content (AvgIpc) is 2.72. The number of rotatable bonds is 5. The largest absolute Gasteiger partial charge is 0.497 e. The van der Waals surface area contributed by atoms with E-state index in [0.29, 0.717) is 18.0 Å². The van der Waals surface area contributed by atoms with Gasteiger partial charge in [-0.25, -0.2) is 0 Å². The van der Waals surface area contributed by atoms with E-state index in [1.54, 1.807) is 20.3 Å². The topological polar surface area (TPSA) is 42.0 Å². The molecule has 1 saturated heterocycles. The molecule has 1 aliphatic rings. The van der Waals surface area contributed by atoms with E-state index < -0.39 is 0 Å². The third kappa shape index (κ3) is 4.68. The summed E-state index contributed by atoms with van der Waals surface area (Å²) in [7, 11) is 5.32. The van der Waals surface area contributed by atoms with Crippen molar-refractivity contribution in [3.63, 3.8) is 0 Å². The number of hydrogen-bond acceptors (Lipinski definition) is 4. The molecule has 0 radical (unpaired) electrons. The molecule has 3 rings (SSSR count). The molecular weight excluding hydrogens is 340 g/mol. The molecular formula is C22H26N2O3. The maximum Gasteiger partial charge on any atom is 0.247 e. The van der Waals surface area contributed by atoms with Crippen molar-refractivity contribution in [2.24, 2.45) is 0 Å². The molecule has 1 amide bonds. The number of ether oxygens (including phenoxy) is 2. The smallest absolute Gasteiger partial charge is 0.247 e. The van der Waals surface area contributed by atoms with Crippen molar-refractivity contribution in [2.45, 2.75) is 6.04 Å². The molecule has 0 N–H and O–H groups in total. The second-order valence-electron chi connectivity index (χ2n) is 6.70. The number of benzene rings is 2. The Kier molecular flexibility index (Phi) is 6.14. The van der Waals surface area contributed by atoms with Crippen molar-refractivity contribution in [2.75, 3.05) is 40.9 Å². The summed E-state index contributed by atoms with van der Waals surface area (Å²) in [4.78, 5) is 17.1. The van der Waals surface area contributed by atoms with Gasteiger partial charge in [0.05, 0.1) is 20.3 Å². The fraction of sp³-hybridized carbons (Fsp3) is 0.318. The Labute approximate surface area is 160 Å². The SMILES string of the molecule is COc1cc(C=CC(=O)N2CCN(C)CC2c2ccccc2)cc(OC)c1. The van der Waals surface area contributed by atoms with Gasteiger partial charge in [0.25, 0.3) is 0 Å². The standard InChI is InChI=1S/C22H26N2O3/c1-23-11-12-24(21(16-23)18-7-5-4-6-8-18)22(25)10-9-17-13-19(26-2)15-20(14-17)27-3/h4-10,13-15,21H,11-12,16H2,1-3H3. The van der Waals surface area contributed by atoms with E-state index in [2.05, 4.69) is 24.1 Å². The molecule has 5 nitrogen and oxygen atoms in total. The van der Waals surface area contributed by atoms with Gasteiger partial charge in [-0.05, 0) is 36.4 Å². The zero-order chi connectivity index (χ0) is 19.2. The van der Waals surface area contributed by atoms with Crippen LogP contribution in [0, 0.1) is 0 Å². The van der Waals surface area contributed by atoms with Crippen LogP contribution in [0.3, 0.4) is 0 Å². The number of piperazine rings is 1. The second-order valence-corrected chi connectivity index (χ2v) is 6.70. The van der Waals surface area contributed by atoms with Gasteiger partial charge in [0.15, 0.2) is 0 Å². The predicted molar refractivity (Wildman–Crippen MR) is 107 cm³/mol. The van der Waals surface area contributed by atoms with Crippen molar-refractivity contribution in [3.8, 4) is 11.5 Å². The summed E-state index contributed by atoms with van der Waals surface area (Å²) >= 11 is 0. The Morgan fingerprint density at radius 2 is 1.70 bits per heavy atom. The average molecular weight is 366 g/mol. The third-order valence-electron chi connectivity index (χ3n) is 4.84. The van der Waals surface area contributed by atoms with Crippen LogP contribution >= 0.6 is 0 Å². The van der Waals surface area contributed by atoms with Gasteiger partial charge in [0, 0.05) is 31.8 Å².